The highest BCUT2D eigenvalue weighted by atomic mass is 35.5. The maximum atomic E-state index is 12.3. The first-order valence-electron chi connectivity index (χ1n) is 9.89. The van der Waals surface area contributed by atoms with Gasteiger partial charge in [-0.1, -0.05) is 23.7 Å². The normalized spacial score (nSPS) is 19.8. The summed E-state index contributed by atoms with van der Waals surface area (Å²) < 4.78 is 11.0. The van der Waals surface area contributed by atoms with Gasteiger partial charge >= 0.3 is 5.97 Å². The molecule has 1 aromatic carbocycles. The first-order chi connectivity index (χ1) is 14.1. The van der Waals surface area contributed by atoms with E-state index < -0.39 is 5.97 Å². The Balaban J connectivity index is 1.47. The molecule has 2 fully saturated rings. The average Bonchev–Trinajstić information content (AvgIpc) is 3.33. The molecule has 2 unspecified atom stereocenters. The van der Waals surface area contributed by atoms with E-state index in [0.717, 1.165) is 30.5 Å². The predicted octanol–water partition coefficient (Wildman–Crippen LogP) is 2.88. The van der Waals surface area contributed by atoms with Gasteiger partial charge in [0, 0.05) is 24.5 Å². The van der Waals surface area contributed by atoms with E-state index >= 15 is 0 Å². The van der Waals surface area contributed by atoms with Gasteiger partial charge in [0.1, 0.15) is 5.56 Å². The zero-order chi connectivity index (χ0) is 20.4. The standard InChI is InChI=1S/C21H24ClN3O4/c1-2-28-20(27)17-9-23-21(25-10-15-8-16(15)11-25)24-19(17)29-6-5-13-3-4-14(12-26)18(22)7-13/h3-4,7,9,15-16,26H,2,5-6,8,10-12H2,1H3. The van der Waals surface area contributed by atoms with Crippen LogP contribution in [0, 0.1) is 11.8 Å². The number of hydrogen-bond donors (Lipinski definition) is 1. The number of hydrogen-bond acceptors (Lipinski definition) is 7. The molecular weight excluding hydrogens is 394 g/mol. The molecule has 0 bridgehead atoms. The minimum atomic E-state index is -0.492. The fourth-order valence-corrected chi connectivity index (χ4v) is 3.93. The van der Waals surface area contributed by atoms with Crippen molar-refractivity contribution in [2.24, 2.45) is 11.8 Å². The summed E-state index contributed by atoms with van der Waals surface area (Å²) in [7, 11) is 0. The summed E-state index contributed by atoms with van der Waals surface area (Å²) in [6.45, 7) is 4.16. The molecule has 4 rings (SSSR count). The van der Waals surface area contributed by atoms with E-state index in [9.17, 15) is 9.90 Å². The highest BCUT2D eigenvalue weighted by molar-refractivity contribution is 6.31. The molecule has 2 aromatic rings. The van der Waals surface area contributed by atoms with Gasteiger partial charge in [-0.05, 0) is 42.4 Å². The smallest absolute Gasteiger partial charge is 0.345 e. The van der Waals surface area contributed by atoms with Crippen LogP contribution >= 0.6 is 11.6 Å². The van der Waals surface area contributed by atoms with Crippen LogP contribution in [0.3, 0.4) is 0 Å². The van der Waals surface area contributed by atoms with E-state index in [-0.39, 0.29) is 24.7 Å². The Morgan fingerprint density at radius 2 is 2.14 bits per heavy atom. The lowest BCUT2D eigenvalue weighted by atomic mass is 10.1. The number of nitrogens with zero attached hydrogens (tertiary/aromatic N) is 3. The Morgan fingerprint density at radius 3 is 2.83 bits per heavy atom. The molecule has 1 N–H and O–H groups in total. The molecule has 1 saturated heterocycles. The Morgan fingerprint density at radius 1 is 1.34 bits per heavy atom. The number of ether oxygens (including phenoxy) is 2. The molecule has 0 radical (unpaired) electrons. The van der Waals surface area contributed by atoms with Gasteiger partial charge in [-0.25, -0.2) is 9.78 Å². The summed E-state index contributed by atoms with van der Waals surface area (Å²) in [5.74, 6) is 1.84. The van der Waals surface area contributed by atoms with Gasteiger partial charge < -0.3 is 19.5 Å². The fourth-order valence-electron chi connectivity index (χ4n) is 3.67. The van der Waals surface area contributed by atoms with Crippen molar-refractivity contribution in [2.45, 2.75) is 26.4 Å². The van der Waals surface area contributed by atoms with Crippen LogP contribution in [-0.4, -0.2) is 47.3 Å². The molecule has 7 nitrogen and oxygen atoms in total. The Kier molecular flexibility index (Phi) is 5.87. The second-order valence-electron chi connectivity index (χ2n) is 7.45. The second-order valence-corrected chi connectivity index (χ2v) is 7.86. The summed E-state index contributed by atoms with van der Waals surface area (Å²) in [6.07, 6.45) is 3.37. The summed E-state index contributed by atoms with van der Waals surface area (Å²) >= 11 is 6.15. The number of piperidine rings is 1. The molecule has 8 heteroatoms. The number of carbonyl (C=O) groups is 1. The molecule has 2 aliphatic rings. The van der Waals surface area contributed by atoms with E-state index in [0.29, 0.717) is 29.6 Å². The van der Waals surface area contributed by atoms with Crippen molar-refractivity contribution in [3.8, 4) is 5.88 Å². The lowest BCUT2D eigenvalue weighted by Crippen LogP contribution is -2.25. The van der Waals surface area contributed by atoms with E-state index in [1.165, 1.54) is 12.6 Å². The molecule has 0 amide bonds. The Labute approximate surface area is 174 Å². The number of halogens is 1. The number of carbonyl (C=O) groups excluding carboxylic acids is 1. The third kappa shape index (κ3) is 4.46. The summed E-state index contributed by atoms with van der Waals surface area (Å²) in [4.78, 5) is 23.3. The van der Waals surface area contributed by atoms with Crippen molar-refractivity contribution in [2.75, 3.05) is 31.2 Å². The van der Waals surface area contributed by atoms with Crippen LogP contribution in [0.5, 0.6) is 5.88 Å². The quantitative estimate of drug-likeness (QED) is 0.661. The Bertz CT molecular complexity index is 897. The van der Waals surface area contributed by atoms with Gasteiger partial charge in [0.2, 0.25) is 11.8 Å². The Hall–Kier alpha value is -2.38. The van der Waals surface area contributed by atoms with Gasteiger partial charge in [-0.3, -0.25) is 0 Å². The minimum Gasteiger partial charge on any atom is -0.477 e. The summed E-state index contributed by atoms with van der Waals surface area (Å²) in [5.41, 5.74) is 1.89. The number of aliphatic hydroxyl groups excluding tert-OH is 1. The molecule has 1 aliphatic carbocycles. The topological polar surface area (TPSA) is 84.8 Å². The zero-order valence-electron chi connectivity index (χ0n) is 16.3. The van der Waals surface area contributed by atoms with Crippen LogP contribution in [-0.2, 0) is 17.8 Å². The SMILES string of the molecule is CCOC(=O)c1cnc(N2CC3CC3C2)nc1OCCc1ccc(CO)c(Cl)c1. The predicted molar refractivity (Wildman–Crippen MR) is 108 cm³/mol. The molecule has 1 aliphatic heterocycles. The largest absolute Gasteiger partial charge is 0.477 e. The van der Waals surface area contributed by atoms with E-state index in [1.807, 2.05) is 12.1 Å². The number of aromatic nitrogens is 2. The molecular formula is C21H24ClN3O4. The van der Waals surface area contributed by atoms with Crippen molar-refractivity contribution in [3.05, 3.63) is 46.1 Å². The summed E-state index contributed by atoms with van der Waals surface area (Å²) in [5, 5.41) is 9.75. The number of esters is 1. The van der Waals surface area contributed by atoms with E-state index in [4.69, 9.17) is 21.1 Å². The maximum absolute atomic E-state index is 12.3. The minimum absolute atomic E-state index is 0.0968. The lowest BCUT2D eigenvalue weighted by Gasteiger charge is -2.19. The van der Waals surface area contributed by atoms with Gasteiger partial charge in [-0.2, -0.15) is 4.98 Å². The number of rotatable bonds is 8. The van der Waals surface area contributed by atoms with Crippen LogP contribution in [0.2, 0.25) is 5.02 Å². The molecule has 2 heterocycles. The van der Waals surface area contributed by atoms with Crippen molar-refractivity contribution < 1.29 is 19.4 Å². The fraction of sp³-hybridized carbons (Fsp3) is 0.476. The molecule has 1 aromatic heterocycles. The van der Waals surface area contributed by atoms with E-state index in [1.54, 1.807) is 13.0 Å². The molecule has 2 atom stereocenters. The van der Waals surface area contributed by atoms with Crippen molar-refractivity contribution in [3.63, 3.8) is 0 Å². The maximum Gasteiger partial charge on any atom is 0.345 e. The average molecular weight is 418 g/mol. The third-order valence-corrected chi connectivity index (χ3v) is 5.77. The molecule has 0 spiro atoms. The number of fused-ring (bicyclic) bond motifs is 1. The highest BCUT2D eigenvalue weighted by Gasteiger charge is 2.46. The van der Waals surface area contributed by atoms with Gasteiger partial charge in [0.05, 0.1) is 26.0 Å². The monoisotopic (exact) mass is 417 g/mol. The van der Waals surface area contributed by atoms with Crippen LogP contribution in [0.4, 0.5) is 5.95 Å². The lowest BCUT2D eigenvalue weighted by molar-refractivity contribution is 0.0520. The van der Waals surface area contributed by atoms with Gasteiger partial charge in [0.15, 0.2) is 0 Å². The van der Waals surface area contributed by atoms with Crippen LogP contribution < -0.4 is 9.64 Å². The molecule has 154 valence electrons. The first-order valence-corrected chi connectivity index (χ1v) is 10.3. The second kappa shape index (κ2) is 8.55. The molecule has 29 heavy (non-hydrogen) atoms. The van der Waals surface area contributed by atoms with Crippen molar-refractivity contribution >= 4 is 23.5 Å². The number of aliphatic hydroxyl groups is 1. The zero-order valence-corrected chi connectivity index (χ0v) is 17.1. The van der Waals surface area contributed by atoms with Crippen LogP contribution in [0.1, 0.15) is 34.8 Å². The van der Waals surface area contributed by atoms with Crippen molar-refractivity contribution in [1.82, 2.24) is 9.97 Å². The van der Waals surface area contributed by atoms with Crippen LogP contribution in [0.15, 0.2) is 24.4 Å². The van der Waals surface area contributed by atoms with E-state index in [2.05, 4.69) is 14.9 Å². The third-order valence-electron chi connectivity index (χ3n) is 5.42. The van der Waals surface area contributed by atoms with Crippen LogP contribution in [0.25, 0.3) is 0 Å². The first kappa shape index (κ1) is 19.9. The van der Waals surface area contributed by atoms with Gasteiger partial charge in [-0.15, -0.1) is 0 Å². The summed E-state index contributed by atoms with van der Waals surface area (Å²) in [6, 6.07) is 5.50. The molecule has 1 saturated carbocycles. The number of anilines is 1. The number of benzene rings is 1. The van der Waals surface area contributed by atoms with Crippen molar-refractivity contribution in [1.29, 1.82) is 0 Å². The highest BCUT2D eigenvalue weighted by Crippen LogP contribution is 2.45. The van der Waals surface area contributed by atoms with Gasteiger partial charge in [0.25, 0.3) is 0 Å².